The van der Waals surface area contributed by atoms with Gasteiger partial charge in [0.05, 0.1) is 5.02 Å². The van der Waals surface area contributed by atoms with Crippen molar-refractivity contribution in [1.82, 2.24) is 15.2 Å². The topological polar surface area (TPSA) is 46.1 Å². The molecular weight excluding hydrogens is 274 g/mol. The number of carbonyl (C=O) groups is 1. The summed E-state index contributed by atoms with van der Waals surface area (Å²) in [7, 11) is 0. The van der Waals surface area contributed by atoms with E-state index in [0.29, 0.717) is 16.6 Å². The fourth-order valence-corrected chi connectivity index (χ4v) is 2.91. The molecule has 1 saturated heterocycles. The molecule has 1 amide bonds. The van der Waals surface area contributed by atoms with E-state index in [1.54, 1.807) is 6.07 Å². The molecule has 1 aromatic rings. The number of piperidine rings is 1. The van der Waals surface area contributed by atoms with Gasteiger partial charge in [0.2, 0.25) is 0 Å². The zero-order valence-electron chi connectivity index (χ0n) is 12.3. The molecule has 1 aliphatic rings. The van der Waals surface area contributed by atoms with Crippen molar-refractivity contribution in [2.24, 2.45) is 5.92 Å². The van der Waals surface area contributed by atoms with Crippen LogP contribution >= 0.6 is 11.6 Å². The third kappa shape index (κ3) is 4.00. The van der Waals surface area contributed by atoms with E-state index in [-0.39, 0.29) is 11.9 Å². The Morgan fingerprint density at radius 1 is 1.60 bits per heavy atom. The summed E-state index contributed by atoms with van der Waals surface area (Å²) in [4.78, 5) is 12.2. The highest BCUT2D eigenvalue weighted by Gasteiger charge is 2.16. The Morgan fingerprint density at radius 2 is 2.40 bits per heavy atom. The Morgan fingerprint density at radius 3 is 3.05 bits per heavy atom. The molecule has 1 fully saturated rings. The molecule has 2 N–H and O–H groups in total. The molecule has 1 atom stereocenters. The van der Waals surface area contributed by atoms with Crippen LogP contribution in [0.25, 0.3) is 0 Å². The lowest BCUT2D eigenvalue weighted by molar-refractivity contribution is 0.0940. The smallest absolute Gasteiger partial charge is 0.267 e. The maximum Gasteiger partial charge on any atom is 0.267 e. The third-order valence-electron chi connectivity index (χ3n) is 3.84. The lowest BCUT2D eigenvalue weighted by Gasteiger charge is -2.22. The van der Waals surface area contributed by atoms with Crippen molar-refractivity contribution in [3.8, 4) is 0 Å². The van der Waals surface area contributed by atoms with Gasteiger partial charge in [-0.05, 0) is 58.2 Å². The largest absolute Gasteiger partial charge is 0.351 e. The highest BCUT2D eigenvalue weighted by Crippen LogP contribution is 2.19. The summed E-state index contributed by atoms with van der Waals surface area (Å²) in [5.74, 6) is 0.652. The number of hydrogen-bond acceptors (Lipinski definition) is 2. The molecule has 1 aromatic heterocycles. The van der Waals surface area contributed by atoms with E-state index in [1.807, 2.05) is 24.6 Å². The van der Waals surface area contributed by atoms with Crippen LogP contribution in [0.15, 0.2) is 12.3 Å². The molecule has 0 aliphatic carbocycles. The van der Waals surface area contributed by atoms with Gasteiger partial charge in [0.15, 0.2) is 0 Å². The molecule has 4 nitrogen and oxygen atoms in total. The first-order chi connectivity index (χ1) is 9.58. The molecule has 1 unspecified atom stereocenters. The zero-order valence-corrected chi connectivity index (χ0v) is 13.0. The fourth-order valence-electron chi connectivity index (χ4n) is 2.71. The summed E-state index contributed by atoms with van der Waals surface area (Å²) in [6.07, 6.45) is 5.35. The number of hydrogen-bond donors (Lipinski definition) is 2. The van der Waals surface area contributed by atoms with Crippen LogP contribution in [0, 0.1) is 5.92 Å². The summed E-state index contributed by atoms with van der Waals surface area (Å²) in [6.45, 7) is 7.01. The van der Waals surface area contributed by atoms with Gasteiger partial charge in [-0.15, -0.1) is 0 Å². The van der Waals surface area contributed by atoms with Crippen molar-refractivity contribution in [3.05, 3.63) is 23.0 Å². The number of carbonyl (C=O) groups excluding carboxylic acids is 1. The van der Waals surface area contributed by atoms with Gasteiger partial charge in [0, 0.05) is 18.8 Å². The number of aromatic nitrogens is 1. The minimum Gasteiger partial charge on any atom is -0.351 e. The van der Waals surface area contributed by atoms with Gasteiger partial charge in [-0.1, -0.05) is 11.6 Å². The SMILES string of the molecule is CC(C)n1cc(Cl)cc1C(=O)NCCC1CCCNC1. The zero-order chi connectivity index (χ0) is 14.5. The van der Waals surface area contributed by atoms with Crippen molar-refractivity contribution < 1.29 is 4.79 Å². The second-order valence-electron chi connectivity index (χ2n) is 5.80. The van der Waals surface area contributed by atoms with Crippen molar-refractivity contribution in [2.75, 3.05) is 19.6 Å². The standard InChI is InChI=1S/C15H24ClN3O/c1-11(2)19-10-13(16)8-14(19)15(20)18-7-5-12-4-3-6-17-9-12/h8,10-12,17H,3-7,9H2,1-2H3,(H,18,20). The van der Waals surface area contributed by atoms with E-state index in [4.69, 9.17) is 11.6 Å². The number of amides is 1. The first-order valence-electron chi connectivity index (χ1n) is 7.44. The molecular formula is C15H24ClN3O. The molecule has 0 spiro atoms. The summed E-state index contributed by atoms with van der Waals surface area (Å²) < 4.78 is 1.92. The third-order valence-corrected chi connectivity index (χ3v) is 4.05. The van der Waals surface area contributed by atoms with Gasteiger partial charge in [0.25, 0.3) is 5.91 Å². The van der Waals surface area contributed by atoms with Crippen molar-refractivity contribution in [3.63, 3.8) is 0 Å². The quantitative estimate of drug-likeness (QED) is 0.878. The van der Waals surface area contributed by atoms with E-state index < -0.39 is 0 Å². The van der Waals surface area contributed by atoms with E-state index in [9.17, 15) is 4.79 Å². The number of rotatable bonds is 5. The van der Waals surface area contributed by atoms with Gasteiger partial charge < -0.3 is 15.2 Å². The second kappa shape index (κ2) is 7.14. The fraction of sp³-hybridized carbons (Fsp3) is 0.667. The summed E-state index contributed by atoms with van der Waals surface area (Å²) in [6, 6.07) is 1.96. The van der Waals surface area contributed by atoms with Gasteiger partial charge in [-0.25, -0.2) is 0 Å². The van der Waals surface area contributed by atoms with Crippen LogP contribution in [0.1, 0.15) is 49.6 Å². The molecule has 5 heteroatoms. The summed E-state index contributed by atoms with van der Waals surface area (Å²) in [5.41, 5.74) is 0.645. The highest BCUT2D eigenvalue weighted by atomic mass is 35.5. The Labute approximate surface area is 125 Å². The Kier molecular flexibility index (Phi) is 5.49. The molecule has 2 heterocycles. The number of halogens is 1. The van der Waals surface area contributed by atoms with Crippen molar-refractivity contribution >= 4 is 17.5 Å². The predicted octanol–water partition coefficient (Wildman–Crippen LogP) is 2.84. The molecule has 20 heavy (non-hydrogen) atoms. The monoisotopic (exact) mass is 297 g/mol. The van der Waals surface area contributed by atoms with E-state index >= 15 is 0 Å². The summed E-state index contributed by atoms with van der Waals surface area (Å²) >= 11 is 6.00. The average Bonchev–Trinajstić information content (AvgIpc) is 2.82. The molecule has 0 radical (unpaired) electrons. The minimum atomic E-state index is -0.0330. The maximum atomic E-state index is 12.2. The molecule has 0 saturated carbocycles. The highest BCUT2D eigenvalue weighted by molar-refractivity contribution is 6.31. The van der Waals surface area contributed by atoms with E-state index in [2.05, 4.69) is 10.6 Å². The normalized spacial score (nSPS) is 19.3. The molecule has 0 bridgehead atoms. The van der Waals surface area contributed by atoms with Crippen LogP contribution in [0.5, 0.6) is 0 Å². The van der Waals surface area contributed by atoms with Crippen molar-refractivity contribution in [2.45, 2.75) is 39.2 Å². The first-order valence-corrected chi connectivity index (χ1v) is 7.82. The van der Waals surface area contributed by atoms with Crippen LogP contribution in [0.4, 0.5) is 0 Å². The van der Waals surface area contributed by atoms with E-state index in [0.717, 1.165) is 26.1 Å². The Bertz CT molecular complexity index is 450. The Balaban J connectivity index is 1.85. The van der Waals surface area contributed by atoms with Crippen LogP contribution in [0.3, 0.4) is 0 Å². The lowest BCUT2D eigenvalue weighted by Crippen LogP contribution is -2.33. The lowest BCUT2D eigenvalue weighted by atomic mass is 9.96. The van der Waals surface area contributed by atoms with Gasteiger partial charge in [-0.2, -0.15) is 0 Å². The second-order valence-corrected chi connectivity index (χ2v) is 6.24. The Hall–Kier alpha value is -1.00. The number of nitrogens with zero attached hydrogens (tertiary/aromatic N) is 1. The number of nitrogens with one attached hydrogen (secondary N) is 2. The van der Waals surface area contributed by atoms with Gasteiger partial charge in [0.1, 0.15) is 5.69 Å². The van der Waals surface area contributed by atoms with E-state index in [1.165, 1.54) is 12.8 Å². The van der Waals surface area contributed by atoms with Gasteiger partial charge in [-0.3, -0.25) is 4.79 Å². The summed E-state index contributed by atoms with van der Waals surface area (Å²) in [5, 5.41) is 7.02. The molecule has 1 aliphatic heterocycles. The maximum absolute atomic E-state index is 12.2. The van der Waals surface area contributed by atoms with Crippen LogP contribution in [0.2, 0.25) is 5.02 Å². The van der Waals surface area contributed by atoms with Crippen LogP contribution in [-0.2, 0) is 0 Å². The molecule has 2 rings (SSSR count). The van der Waals surface area contributed by atoms with Crippen molar-refractivity contribution in [1.29, 1.82) is 0 Å². The van der Waals surface area contributed by atoms with Crippen LogP contribution < -0.4 is 10.6 Å². The first kappa shape index (κ1) is 15.4. The van der Waals surface area contributed by atoms with Crippen LogP contribution in [-0.4, -0.2) is 30.1 Å². The average molecular weight is 298 g/mol. The predicted molar refractivity (Wildman–Crippen MR) is 82.4 cm³/mol. The molecule has 0 aromatic carbocycles. The minimum absolute atomic E-state index is 0.0330. The molecule has 112 valence electrons. The van der Waals surface area contributed by atoms with Gasteiger partial charge >= 0.3 is 0 Å².